The lowest BCUT2D eigenvalue weighted by molar-refractivity contribution is -0.123. The van der Waals surface area contributed by atoms with Crippen LogP contribution in [0.15, 0.2) is 48.5 Å². The van der Waals surface area contributed by atoms with Crippen LogP contribution in [-0.2, 0) is 4.79 Å². The summed E-state index contributed by atoms with van der Waals surface area (Å²) in [5.74, 6) is -1.45. The number of nitrogens with two attached hydrogens (primary N) is 2. The molecule has 0 unspecified atom stereocenters. The molecular formula is C24H26ClN5O4S. The van der Waals surface area contributed by atoms with Crippen molar-refractivity contribution in [2.24, 2.45) is 5.73 Å². The fraction of sp³-hybridized carbons (Fsp3) is 0.250. The average Bonchev–Trinajstić information content (AvgIpc) is 3.18. The summed E-state index contributed by atoms with van der Waals surface area (Å²) in [5.41, 5.74) is 11.3. The molecule has 1 heterocycles. The molecule has 9 nitrogen and oxygen atoms in total. The van der Waals surface area contributed by atoms with Crippen LogP contribution in [0.5, 0.6) is 5.75 Å². The van der Waals surface area contributed by atoms with Crippen LogP contribution in [-0.4, -0.2) is 34.7 Å². The van der Waals surface area contributed by atoms with E-state index in [-0.39, 0.29) is 16.3 Å². The molecule has 3 amide bonds. The van der Waals surface area contributed by atoms with Gasteiger partial charge in [0.2, 0.25) is 5.91 Å². The summed E-state index contributed by atoms with van der Waals surface area (Å²) >= 11 is 6.82. The van der Waals surface area contributed by atoms with E-state index in [0.29, 0.717) is 22.0 Å². The lowest BCUT2D eigenvalue weighted by atomic mass is 10.0. The van der Waals surface area contributed by atoms with Crippen LogP contribution in [0.3, 0.4) is 0 Å². The first-order chi connectivity index (χ1) is 16.4. The number of aromatic nitrogens is 1. The van der Waals surface area contributed by atoms with Gasteiger partial charge in [-0.2, -0.15) is 4.37 Å². The van der Waals surface area contributed by atoms with Gasteiger partial charge in [-0.3, -0.25) is 19.3 Å². The molecule has 0 radical (unpaired) electrons. The van der Waals surface area contributed by atoms with Crippen molar-refractivity contribution in [2.75, 3.05) is 17.7 Å². The number of carbonyl (C=O) groups is 3. The van der Waals surface area contributed by atoms with E-state index >= 15 is 0 Å². The second-order valence-corrected chi connectivity index (χ2v) is 9.92. The van der Waals surface area contributed by atoms with Crippen molar-refractivity contribution >= 4 is 52.2 Å². The summed E-state index contributed by atoms with van der Waals surface area (Å²) in [5, 5.41) is 3.41. The molecule has 0 spiro atoms. The molecule has 0 aliphatic heterocycles. The van der Waals surface area contributed by atoms with Crippen molar-refractivity contribution in [1.29, 1.82) is 0 Å². The number of hydrogen-bond acceptors (Lipinski definition) is 7. The van der Waals surface area contributed by atoms with Crippen LogP contribution in [0.25, 0.3) is 0 Å². The summed E-state index contributed by atoms with van der Waals surface area (Å²) < 4.78 is 9.29. The van der Waals surface area contributed by atoms with Gasteiger partial charge in [0.05, 0.1) is 12.8 Å². The summed E-state index contributed by atoms with van der Waals surface area (Å²) in [6.45, 7) is 5.51. The molecule has 3 aromatic rings. The van der Waals surface area contributed by atoms with Crippen LogP contribution in [0.1, 0.15) is 52.5 Å². The van der Waals surface area contributed by atoms with Crippen molar-refractivity contribution in [3.8, 4) is 5.75 Å². The van der Waals surface area contributed by atoms with Crippen molar-refractivity contribution in [3.63, 3.8) is 0 Å². The van der Waals surface area contributed by atoms with Crippen LogP contribution >= 0.6 is 23.1 Å². The Morgan fingerprint density at radius 3 is 2.34 bits per heavy atom. The number of nitrogen functional groups attached to an aromatic ring is 1. The van der Waals surface area contributed by atoms with Gasteiger partial charge in [-0.05, 0) is 62.1 Å². The van der Waals surface area contributed by atoms with E-state index in [1.54, 1.807) is 48.5 Å². The zero-order chi connectivity index (χ0) is 25.9. The standard InChI is InChI=1S/C24H26ClN5O4S/c1-24(2,3)28-22(32)19(13-8-10-14(25)11-9-13)30(15-6-5-7-16(12-15)34-4)23(33)20-17(26)18(21(27)31)29-35-20/h5-12,19H,26H2,1-4H3,(H2,27,31)(H,28,32)/t19-/m1/s1. The Kier molecular flexibility index (Phi) is 7.67. The highest BCUT2D eigenvalue weighted by Gasteiger charge is 2.37. The summed E-state index contributed by atoms with van der Waals surface area (Å²) in [4.78, 5) is 40.6. The van der Waals surface area contributed by atoms with Crippen LogP contribution in [0.2, 0.25) is 5.02 Å². The van der Waals surface area contributed by atoms with Gasteiger partial charge in [0.25, 0.3) is 11.8 Å². The highest BCUT2D eigenvalue weighted by molar-refractivity contribution is 7.09. The van der Waals surface area contributed by atoms with Gasteiger partial charge in [0, 0.05) is 22.3 Å². The third-order valence-corrected chi connectivity index (χ3v) is 6.00. The smallest absolute Gasteiger partial charge is 0.273 e. The molecule has 1 atom stereocenters. The quantitative estimate of drug-likeness (QED) is 0.437. The molecule has 5 N–H and O–H groups in total. The number of carbonyl (C=O) groups excluding carboxylic acids is 3. The molecule has 0 fully saturated rings. The van der Waals surface area contributed by atoms with E-state index in [1.807, 2.05) is 20.8 Å². The maximum absolute atomic E-state index is 14.0. The molecule has 0 saturated carbocycles. The lowest BCUT2D eigenvalue weighted by Crippen LogP contribution is -2.49. The summed E-state index contributed by atoms with van der Waals surface area (Å²) in [6.07, 6.45) is 0. The number of anilines is 2. The number of benzene rings is 2. The van der Waals surface area contributed by atoms with Gasteiger partial charge in [-0.25, -0.2) is 0 Å². The molecule has 0 saturated heterocycles. The highest BCUT2D eigenvalue weighted by atomic mass is 35.5. The van der Waals surface area contributed by atoms with Gasteiger partial charge in [0.1, 0.15) is 16.7 Å². The van der Waals surface area contributed by atoms with E-state index in [0.717, 1.165) is 11.5 Å². The number of nitrogens with zero attached hydrogens (tertiary/aromatic N) is 2. The minimum absolute atomic E-state index is 0.0239. The largest absolute Gasteiger partial charge is 0.497 e. The Hall–Kier alpha value is -3.63. The molecule has 11 heteroatoms. The van der Waals surface area contributed by atoms with E-state index < -0.39 is 29.3 Å². The minimum atomic E-state index is -1.12. The Balaban J connectivity index is 2.25. The van der Waals surface area contributed by atoms with Gasteiger partial charge >= 0.3 is 0 Å². The molecule has 2 aromatic carbocycles. The average molecular weight is 516 g/mol. The first kappa shape index (κ1) is 26.0. The zero-order valence-corrected chi connectivity index (χ0v) is 21.2. The number of halogens is 1. The topological polar surface area (TPSA) is 141 Å². The fourth-order valence-electron chi connectivity index (χ4n) is 3.38. The number of nitrogens with one attached hydrogen (secondary N) is 1. The number of methoxy groups -OCH3 is 1. The second-order valence-electron chi connectivity index (χ2n) is 8.71. The van der Waals surface area contributed by atoms with Gasteiger partial charge < -0.3 is 21.5 Å². The van der Waals surface area contributed by atoms with Gasteiger partial charge in [-0.1, -0.05) is 29.8 Å². The van der Waals surface area contributed by atoms with Crippen molar-refractivity contribution < 1.29 is 19.1 Å². The number of amides is 3. The number of hydrogen-bond donors (Lipinski definition) is 3. The molecule has 35 heavy (non-hydrogen) atoms. The predicted octanol–water partition coefficient (Wildman–Crippen LogP) is 3.79. The zero-order valence-electron chi connectivity index (χ0n) is 19.7. The normalized spacial score (nSPS) is 12.0. The van der Waals surface area contributed by atoms with Crippen LogP contribution < -0.4 is 26.4 Å². The lowest BCUT2D eigenvalue weighted by Gasteiger charge is -2.33. The SMILES string of the molecule is COc1cccc(N(C(=O)c2snc(C(N)=O)c2N)[C@@H](C(=O)NC(C)(C)C)c2ccc(Cl)cc2)c1. The first-order valence-electron chi connectivity index (χ1n) is 10.5. The third-order valence-electron chi connectivity index (χ3n) is 4.90. The molecule has 0 aliphatic rings. The summed E-state index contributed by atoms with van der Waals surface area (Å²) in [6, 6.07) is 12.2. The van der Waals surface area contributed by atoms with E-state index in [9.17, 15) is 14.4 Å². The number of ether oxygens (including phenoxy) is 1. The molecule has 184 valence electrons. The van der Waals surface area contributed by atoms with Crippen molar-refractivity contribution in [3.05, 3.63) is 69.7 Å². The van der Waals surface area contributed by atoms with E-state index in [2.05, 4.69) is 9.69 Å². The third kappa shape index (κ3) is 5.90. The fourth-order valence-corrected chi connectivity index (χ4v) is 4.25. The number of rotatable bonds is 7. The second kappa shape index (κ2) is 10.3. The Morgan fingerprint density at radius 2 is 1.80 bits per heavy atom. The Bertz CT molecular complexity index is 1250. The van der Waals surface area contributed by atoms with E-state index in [4.69, 9.17) is 27.8 Å². The maximum Gasteiger partial charge on any atom is 0.273 e. The molecule has 1 aromatic heterocycles. The highest BCUT2D eigenvalue weighted by Crippen LogP contribution is 2.35. The minimum Gasteiger partial charge on any atom is -0.497 e. The van der Waals surface area contributed by atoms with Crippen molar-refractivity contribution in [1.82, 2.24) is 9.69 Å². The maximum atomic E-state index is 14.0. The van der Waals surface area contributed by atoms with Crippen molar-refractivity contribution in [2.45, 2.75) is 32.4 Å². The monoisotopic (exact) mass is 515 g/mol. The van der Waals surface area contributed by atoms with Gasteiger partial charge in [-0.15, -0.1) is 0 Å². The van der Waals surface area contributed by atoms with E-state index in [1.165, 1.54) is 12.0 Å². The van der Waals surface area contributed by atoms with Gasteiger partial charge in [0.15, 0.2) is 5.69 Å². The van der Waals surface area contributed by atoms with Crippen LogP contribution in [0, 0.1) is 0 Å². The molecule has 0 bridgehead atoms. The molecule has 0 aliphatic carbocycles. The first-order valence-corrected chi connectivity index (χ1v) is 11.7. The molecule has 3 rings (SSSR count). The Morgan fingerprint density at radius 1 is 1.14 bits per heavy atom. The Labute approximate surface area is 212 Å². The predicted molar refractivity (Wildman–Crippen MR) is 137 cm³/mol. The number of primary amides is 1. The molecular weight excluding hydrogens is 490 g/mol. The summed E-state index contributed by atoms with van der Waals surface area (Å²) in [7, 11) is 1.49. The van der Waals surface area contributed by atoms with Crippen LogP contribution in [0.4, 0.5) is 11.4 Å².